The molecule has 1 saturated carbocycles. The Kier molecular flexibility index (Phi) is 7.99. The minimum Gasteiger partial charge on any atom is -0.406 e. The molecule has 1 aromatic carbocycles. The van der Waals surface area contributed by atoms with Gasteiger partial charge in [-0.05, 0) is 25.3 Å². The van der Waals surface area contributed by atoms with Gasteiger partial charge in [0.05, 0.1) is 6.33 Å². The smallest absolute Gasteiger partial charge is 0.192 e. The van der Waals surface area contributed by atoms with E-state index >= 15 is 0 Å². The zero-order valence-electron chi connectivity index (χ0n) is 15.4. The average Bonchev–Trinajstić information content (AvgIpc) is 3.32. The van der Waals surface area contributed by atoms with Crippen LogP contribution in [0.2, 0.25) is 0 Å². The van der Waals surface area contributed by atoms with Crippen LogP contribution < -0.4 is 10.3 Å². The first-order valence-corrected chi connectivity index (χ1v) is 9.01. The number of halogens is 1. The van der Waals surface area contributed by atoms with Crippen LogP contribution in [0.4, 0.5) is 0 Å². The molecule has 2 heterocycles. The van der Waals surface area contributed by atoms with Gasteiger partial charge in [0.25, 0.3) is 0 Å². The molecule has 0 bridgehead atoms. The number of nitrogens with one attached hydrogen (secondary N) is 1. The molecule has 1 aliphatic rings. The van der Waals surface area contributed by atoms with Gasteiger partial charge in [-0.2, -0.15) is 4.73 Å². The fourth-order valence-corrected chi connectivity index (χ4v) is 3.18. The van der Waals surface area contributed by atoms with Crippen molar-refractivity contribution in [2.24, 2.45) is 0 Å². The number of aliphatic hydroxyl groups excluding tert-OH is 1. The SMILES string of the molecule is Br.CCO.N=c1c2ncn(C3CCCC3)c2ncn1OCc1ccccc1. The molecule has 4 rings (SSSR count). The molecule has 1 fully saturated rings. The highest BCUT2D eigenvalue weighted by molar-refractivity contribution is 8.93. The quantitative estimate of drug-likeness (QED) is 0.658. The highest BCUT2D eigenvalue weighted by Gasteiger charge is 2.20. The van der Waals surface area contributed by atoms with Crippen LogP contribution in [0.5, 0.6) is 0 Å². The monoisotopic (exact) mass is 435 g/mol. The molecule has 2 aromatic heterocycles. The number of benzene rings is 1. The second-order valence-corrected chi connectivity index (χ2v) is 6.26. The Hall–Kier alpha value is -2.19. The number of aliphatic hydroxyl groups is 1. The van der Waals surface area contributed by atoms with Crippen LogP contribution in [-0.4, -0.2) is 31.0 Å². The predicted octanol–water partition coefficient (Wildman–Crippen LogP) is 3.03. The Morgan fingerprint density at radius 2 is 1.81 bits per heavy atom. The molecule has 0 atom stereocenters. The van der Waals surface area contributed by atoms with Crippen molar-refractivity contribution in [3.63, 3.8) is 0 Å². The van der Waals surface area contributed by atoms with Gasteiger partial charge in [-0.3, -0.25) is 5.41 Å². The zero-order valence-corrected chi connectivity index (χ0v) is 17.1. The first kappa shape index (κ1) is 21.1. The zero-order chi connectivity index (χ0) is 18.4. The van der Waals surface area contributed by atoms with Crippen molar-refractivity contribution in [1.29, 1.82) is 5.41 Å². The van der Waals surface area contributed by atoms with E-state index in [1.165, 1.54) is 30.4 Å². The first-order valence-electron chi connectivity index (χ1n) is 9.01. The lowest BCUT2D eigenvalue weighted by atomic mass is 10.2. The summed E-state index contributed by atoms with van der Waals surface area (Å²) in [6, 6.07) is 10.4. The lowest BCUT2D eigenvalue weighted by Gasteiger charge is -2.12. The molecule has 2 N–H and O–H groups in total. The minimum absolute atomic E-state index is 0. The number of hydrogen-bond acceptors (Lipinski definition) is 5. The molecule has 27 heavy (non-hydrogen) atoms. The van der Waals surface area contributed by atoms with E-state index in [0.717, 1.165) is 11.2 Å². The van der Waals surface area contributed by atoms with E-state index in [1.807, 2.05) is 36.7 Å². The molecular formula is C19H26BrN5O2. The Balaban J connectivity index is 0.000000614. The largest absolute Gasteiger partial charge is 0.406 e. The number of nitrogens with zero attached hydrogens (tertiary/aromatic N) is 4. The van der Waals surface area contributed by atoms with Crippen LogP contribution in [-0.2, 0) is 6.61 Å². The Labute approximate surface area is 168 Å². The predicted molar refractivity (Wildman–Crippen MR) is 109 cm³/mol. The van der Waals surface area contributed by atoms with Gasteiger partial charge in [-0.25, -0.2) is 9.97 Å². The highest BCUT2D eigenvalue weighted by atomic mass is 79.9. The van der Waals surface area contributed by atoms with Crippen molar-refractivity contribution < 1.29 is 9.94 Å². The summed E-state index contributed by atoms with van der Waals surface area (Å²) < 4.78 is 3.50. The third kappa shape index (κ3) is 4.95. The molecule has 1 aliphatic carbocycles. The standard InChI is InChI=1S/C17H19N5O.C2H6O.BrH/c18-16-15-17(21(11-19-15)14-8-4-5-9-14)20-12-22(16)23-10-13-6-2-1-3-7-13;1-2-3;/h1-3,6-7,11-12,14,18H,4-5,8-10H2;3H,2H2,1H3;1H. The molecule has 0 radical (unpaired) electrons. The van der Waals surface area contributed by atoms with E-state index in [4.69, 9.17) is 15.4 Å². The van der Waals surface area contributed by atoms with Crippen LogP contribution in [0.25, 0.3) is 11.2 Å². The van der Waals surface area contributed by atoms with E-state index < -0.39 is 0 Å². The summed E-state index contributed by atoms with van der Waals surface area (Å²) in [5.74, 6) is 0. The average molecular weight is 436 g/mol. The van der Waals surface area contributed by atoms with Gasteiger partial charge >= 0.3 is 0 Å². The van der Waals surface area contributed by atoms with Crippen LogP contribution in [0.15, 0.2) is 43.0 Å². The summed E-state index contributed by atoms with van der Waals surface area (Å²) in [6.07, 6.45) is 8.23. The van der Waals surface area contributed by atoms with Crippen LogP contribution in [0.1, 0.15) is 44.2 Å². The number of fused-ring (bicyclic) bond motifs is 1. The Morgan fingerprint density at radius 1 is 1.15 bits per heavy atom. The van der Waals surface area contributed by atoms with Gasteiger partial charge < -0.3 is 14.5 Å². The maximum absolute atomic E-state index is 8.31. The van der Waals surface area contributed by atoms with Crippen LogP contribution >= 0.6 is 17.0 Å². The topological polar surface area (TPSA) is 89.0 Å². The van der Waals surface area contributed by atoms with Crippen molar-refractivity contribution in [2.45, 2.75) is 45.3 Å². The minimum atomic E-state index is 0. The van der Waals surface area contributed by atoms with E-state index in [-0.39, 0.29) is 29.1 Å². The lowest BCUT2D eigenvalue weighted by molar-refractivity contribution is 0.0850. The molecule has 0 aliphatic heterocycles. The van der Waals surface area contributed by atoms with Crippen molar-refractivity contribution >= 4 is 28.1 Å². The summed E-state index contributed by atoms with van der Waals surface area (Å²) in [5.41, 5.74) is 2.66. The summed E-state index contributed by atoms with van der Waals surface area (Å²) in [7, 11) is 0. The number of rotatable bonds is 4. The Bertz CT molecular complexity index is 888. The second-order valence-electron chi connectivity index (χ2n) is 6.26. The molecule has 0 unspecified atom stereocenters. The van der Waals surface area contributed by atoms with Gasteiger partial charge in [-0.15, -0.1) is 17.0 Å². The van der Waals surface area contributed by atoms with Gasteiger partial charge in [0.1, 0.15) is 12.9 Å². The normalized spacial score (nSPS) is 13.7. The fourth-order valence-electron chi connectivity index (χ4n) is 3.18. The lowest BCUT2D eigenvalue weighted by Crippen LogP contribution is -2.27. The summed E-state index contributed by atoms with van der Waals surface area (Å²) in [6.45, 7) is 2.33. The molecule has 7 nitrogen and oxygen atoms in total. The van der Waals surface area contributed by atoms with E-state index in [9.17, 15) is 0 Å². The summed E-state index contributed by atoms with van der Waals surface area (Å²) in [4.78, 5) is 14.6. The molecule has 8 heteroatoms. The van der Waals surface area contributed by atoms with Crippen LogP contribution in [0.3, 0.4) is 0 Å². The van der Waals surface area contributed by atoms with Crippen molar-refractivity contribution in [2.75, 3.05) is 6.61 Å². The highest BCUT2D eigenvalue weighted by Crippen LogP contribution is 2.30. The third-order valence-electron chi connectivity index (χ3n) is 4.43. The van der Waals surface area contributed by atoms with E-state index in [1.54, 1.807) is 13.3 Å². The van der Waals surface area contributed by atoms with Gasteiger partial charge in [0.2, 0.25) is 0 Å². The summed E-state index contributed by atoms with van der Waals surface area (Å²) in [5, 5.41) is 15.9. The van der Waals surface area contributed by atoms with Crippen molar-refractivity contribution in [1.82, 2.24) is 19.3 Å². The first-order chi connectivity index (χ1) is 12.7. The number of hydrogen-bond donors (Lipinski definition) is 2. The van der Waals surface area contributed by atoms with E-state index in [2.05, 4.69) is 14.5 Å². The van der Waals surface area contributed by atoms with Crippen molar-refractivity contribution in [3.8, 4) is 0 Å². The maximum Gasteiger partial charge on any atom is 0.192 e. The third-order valence-corrected chi connectivity index (χ3v) is 4.43. The van der Waals surface area contributed by atoms with Gasteiger partial charge in [0.15, 0.2) is 16.7 Å². The molecule has 146 valence electrons. The van der Waals surface area contributed by atoms with Crippen molar-refractivity contribution in [3.05, 3.63) is 54.0 Å². The second kappa shape index (κ2) is 10.2. The molecular weight excluding hydrogens is 410 g/mol. The molecule has 0 saturated heterocycles. The maximum atomic E-state index is 8.31. The molecule has 3 aromatic rings. The summed E-state index contributed by atoms with van der Waals surface area (Å²) >= 11 is 0. The Morgan fingerprint density at radius 3 is 2.48 bits per heavy atom. The van der Waals surface area contributed by atoms with Crippen LogP contribution in [0, 0.1) is 5.41 Å². The molecule has 0 spiro atoms. The van der Waals surface area contributed by atoms with Gasteiger partial charge in [-0.1, -0.05) is 43.2 Å². The fraction of sp³-hybridized carbons (Fsp3) is 0.421. The molecule has 0 amide bonds. The van der Waals surface area contributed by atoms with Gasteiger partial charge in [0, 0.05) is 12.6 Å². The number of aromatic nitrogens is 4. The number of imidazole rings is 1. The van der Waals surface area contributed by atoms with E-state index in [0.29, 0.717) is 18.2 Å².